The highest BCUT2D eigenvalue weighted by Gasteiger charge is 2.28. The van der Waals surface area contributed by atoms with E-state index in [1.807, 2.05) is 24.3 Å². The smallest absolute Gasteiger partial charge is 0.243 e. The number of hydrogen-bond donors (Lipinski definition) is 3. The molecule has 0 amide bonds. The zero-order valence-corrected chi connectivity index (χ0v) is 21.8. The lowest BCUT2D eigenvalue weighted by Crippen LogP contribution is -2.31. The first-order valence-corrected chi connectivity index (χ1v) is 13.6. The fraction of sp³-hybridized carbons (Fsp3) is 0.333. The number of thiocarbonyl (C=S) groups is 1. The number of ether oxygens (including phenoxy) is 1. The Labute approximate surface area is 216 Å². The minimum atomic E-state index is -3.54. The highest BCUT2D eigenvalue weighted by molar-refractivity contribution is 7.89. The van der Waals surface area contributed by atoms with Gasteiger partial charge in [-0.25, -0.2) is 8.42 Å². The van der Waals surface area contributed by atoms with Gasteiger partial charge in [0.25, 0.3) is 0 Å². The van der Waals surface area contributed by atoms with E-state index < -0.39 is 10.0 Å². The number of anilines is 2. The van der Waals surface area contributed by atoms with Crippen LogP contribution >= 0.6 is 23.8 Å². The van der Waals surface area contributed by atoms with Gasteiger partial charge in [0, 0.05) is 48.5 Å². The quantitative estimate of drug-likeness (QED) is 0.274. The molecule has 1 fully saturated rings. The third-order valence-corrected chi connectivity index (χ3v) is 8.16. The fourth-order valence-electron chi connectivity index (χ4n) is 3.98. The molecule has 11 heteroatoms. The fourth-order valence-corrected chi connectivity index (χ4v) is 5.90. The van der Waals surface area contributed by atoms with Gasteiger partial charge in [-0.3, -0.25) is 4.98 Å². The molecule has 1 aliphatic rings. The Bertz CT molecular complexity index is 1310. The molecule has 0 saturated carbocycles. The molecule has 0 spiro atoms. The number of fused-ring (bicyclic) bond motifs is 1. The van der Waals surface area contributed by atoms with Gasteiger partial charge in [0.2, 0.25) is 10.0 Å². The van der Waals surface area contributed by atoms with Crippen molar-refractivity contribution in [2.75, 3.05) is 43.9 Å². The van der Waals surface area contributed by atoms with Crippen molar-refractivity contribution >= 4 is 61.2 Å². The maximum atomic E-state index is 12.9. The van der Waals surface area contributed by atoms with Crippen LogP contribution in [-0.2, 0) is 10.0 Å². The summed E-state index contributed by atoms with van der Waals surface area (Å²) < 4.78 is 32.8. The standard InChI is InChI=1S/C24H28ClN5O3S2/c1-33-23-8-6-18(35(31,32)30-13-2-3-14-30)16-22(23)29-24(34)28-11-4-10-26-20-9-12-27-21-15-17(25)5-7-19(20)21/h5-9,12,15-16H,2-4,10-11,13-14H2,1H3,(H,26,27)(H2,28,29,34). The number of sulfonamides is 1. The van der Waals surface area contributed by atoms with Crippen molar-refractivity contribution in [2.45, 2.75) is 24.2 Å². The van der Waals surface area contributed by atoms with Gasteiger partial charge in [-0.15, -0.1) is 0 Å². The SMILES string of the molecule is COc1ccc(S(=O)(=O)N2CCCC2)cc1NC(=S)NCCCNc1ccnc2cc(Cl)ccc12. The summed E-state index contributed by atoms with van der Waals surface area (Å²) in [7, 11) is -2.00. The van der Waals surface area contributed by atoms with Crippen molar-refractivity contribution in [1.82, 2.24) is 14.6 Å². The summed E-state index contributed by atoms with van der Waals surface area (Å²) in [6, 6.07) is 12.4. The molecule has 1 aromatic heterocycles. The van der Waals surface area contributed by atoms with Crippen LogP contribution in [0.3, 0.4) is 0 Å². The van der Waals surface area contributed by atoms with Crippen LogP contribution in [0.1, 0.15) is 19.3 Å². The van der Waals surface area contributed by atoms with E-state index in [9.17, 15) is 8.42 Å². The molecule has 1 aliphatic heterocycles. The van der Waals surface area contributed by atoms with Crippen LogP contribution in [0.2, 0.25) is 5.02 Å². The summed E-state index contributed by atoms with van der Waals surface area (Å²) in [4.78, 5) is 4.58. The second-order valence-electron chi connectivity index (χ2n) is 8.15. The van der Waals surface area contributed by atoms with E-state index in [4.69, 9.17) is 28.6 Å². The largest absolute Gasteiger partial charge is 0.495 e. The molecule has 35 heavy (non-hydrogen) atoms. The van der Waals surface area contributed by atoms with E-state index in [1.54, 1.807) is 24.4 Å². The molecule has 0 radical (unpaired) electrons. The Morgan fingerprint density at radius 3 is 2.69 bits per heavy atom. The summed E-state index contributed by atoms with van der Waals surface area (Å²) in [6.07, 6.45) is 4.33. The zero-order valence-electron chi connectivity index (χ0n) is 19.4. The highest BCUT2D eigenvalue weighted by atomic mass is 35.5. The average molecular weight is 534 g/mol. The molecule has 4 rings (SSSR count). The minimum Gasteiger partial charge on any atom is -0.495 e. The monoisotopic (exact) mass is 533 g/mol. The molecule has 0 atom stereocenters. The van der Waals surface area contributed by atoms with Crippen LogP contribution in [-0.4, -0.2) is 56.1 Å². The van der Waals surface area contributed by atoms with Crippen molar-refractivity contribution in [2.24, 2.45) is 0 Å². The van der Waals surface area contributed by atoms with Crippen molar-refractivity contribution in [3.05, 3.63) is 53.7 Å². The predicted molar refractivity (Wildman–Crippen MR) is 145 cm³/mol. The number of nitrogens with one attached hydrogen (secondary N) is 3. The maximum Gasteiger partial charge on any atom is 0.243 e. The molecule has 0 unspecified atom stereocenters. The van der Waals surface area contributed by atoms with Crippen molar-refractivity contribution in [3.8, 4) is 5.75 Å². The third-order valence-electron chi connectivity index (χ3n) is 5.78. The number of halogens is 1. The number of aromatic nitrogens is 1. The lowest BCUT2D eigenvalue weighted by molar-refractivity contribution is 0.416. The number of rotatable bonds is 9. The number of methoxy groups -OCH3 is 1. The van der Waals surface area contributed by atoms with Gasteiger partial charge in [0.1, 0.15) is 5.75 Å². The molecular weight excluding hydrogens is 506 g/mol. The normalized spacial score (nSPS) is 14.1. The number of benzene rings is 2. The molecule has 0 aliphatic carbocycles. The first-order valence-electron chi connectivity index (χ1n) is 11.4. The minimum absolute atomic E-state index is 0.223. The van der Waals surface area contributed by atoms with Crippen molar-refractivity contribution in [1.29, 1.82) is 0 Å². The maximum absolute atomic E-state index is 12.9. The zero-order chi connectivity index (χ0) is 24.8. The first kappa shape index (κ1) is 25.4. The Balaban J connectivity index is 1.31. The van der Waals surface area contributed by atoms with Crippen LogP contribution in [0, 0.1) is 0 Å². The van der Waals surface area contributed by atoms with Gasteiger partial charge < -0.3 is 20.7 Å². The van der Waals surface area contributed by atoms with E-state index >= 15 is 0 Å². The van der Waals surface area contributed by atoms with Crippen molar-refractivity contribution < 1.29 is 13.2 Å². The second-order valence-corrected chi connectivity index (χ2v) is 10.9. The van der Waals surface area contributed by atoms with E-state index in [2.05, 4.69) is 20.9 Å². The molecule has 3 aromatic rings. The number of pyridine rings is 1. The third kappa shape index (κ3) is 6.13. The molecule has 2 heterocycles. The molecule has 8 nitrogen and oxygen atoms in total. The molecular formula is C24H28ClN5O3S2. The lowest BCUT2D eigenvalue weighted by atomic mass is 10.2. The van der Waals surface area contributed by atoms with Crippen LogP contribution < -0.4 is 20.7 Å². The van der Waals surface area contributed by atoms with Gasteiger partial charge in [-0.05, 0) is 73.9 Å². The Kier molecular flexibility index (Phi) is 8.27. The highest BCUT2D eigenvalue weighted by Crippen LogP contribution is 2.30. The van der Waals surface area contributed by atoms with Crippen LogP contribution in [0.4, 0.5) is 11.4 Å². The Morgan fingerprint density at radius 2 is 1.91 bits per heavy atom. The topological polar surface area (TPSA) is 95.6 Å². The van der Waals surface area contributed by atoms with E-state index in [-0.39, 0.29) is 4.90 Å². The number of nitrogens with zero attached hydrogens (tertiary/aromatic N) is 2. The molecule has 1 saturated heterocycles. The van der Waals surface area contributed by atoms with Crippen LogP contribution in [0.5, 0.6) is 5.75 Å². The Hall–Kier alpha value is -2.66. The van der Waals surface area contributed by atoms with Crippen LogP contribution in [0.15, 0.2) is 53.6 Å². The lowest BCUT2D eigenvalue weighted by Gasteiger charge is -2.18. The summed E-state index contributed by atoms with van der Waals surface area (Å²) in [5, 5.41) is 11.7. The summed E-state index contributed by atoms with van der Waals surface area (Å²) >= 11 is 11.5. The Morgan fingerprint density at radius 1 is 1.11 bits per heavy atom. The van der Waals surface area contributed by atoms with Gasteiger partial charge in [0.05, 0.1) is 23.2 Å². The van der Waals surface area contributed by atoms with E-state index in [0.29, 0.717) is 41.2 Å². The number of hydrogen-bond acceptors (Lipinski definition) is 6. The van der Waals surface area contributed by atoms with Crippen LogP contribution in [0.25, 0.3) is 10.9 Å². The summed E-state index contributed by atoms with van der Waals surface area (Å²) in [5.41, 5.74) is 2.34. The van der Waals surface area contributed by atoms with Gasteiger partial charge in [0.15, 0.2) is 5.11 Å². The second kappa shape index (κ2) is 11.4. The predicted octanol–water partition coefficient (Wildman–Crippen LogP) is 4.47. The van der Waals surface area contributed by atoms with Gasteiger partial charge in [-0.1, -0.05) is 11.6 Å². The summed E-state index contributed by atoms with van der Waals surface area (Å²) in [6.45, 7) is 2.45. The van der Waals surface area contributed by atoms with E-state index in [1.165, 1.54) is 11.4 Å². The molecule has 186 valence electrons. The average Bonchev–Trinajstić information content (AvgIpc) is 3.40. The van der Waals surface area contributed by atoms with Crippen molar-refractivity contribution in [3.63, 3.8) is 0 Å². The van der Waals surface area contributed by atoms with Gasteiger partial charge >= 0.3 is 0 Å². The molecule has 0 bridgehead atoms. The molecule has 3 N–H and O–H groups in total. The summed E-state index contributed by atoms with van der Waals surface area (Å²) in [5.74, 6) is 0.515. The van der Waals surface area contributed by atoms with Gasteiger partial charge in [-0.2, -0.15) is 4.31 Å². The molecule has 2 aromatic carbocycles. The first-order chi connectivity index (χ1) is 16.9. The van der Waals surface area contributed by atoms with E-state index in [0.717, 1.165) is 42.4 Å².